The highest BCUT2D eigenvalue weighted by atomic mass is 16.7. The van der Waals surface area contributed by atoms with E-state index in [-0.39, 0.29) is 18.7 Å². The minimum Gasteiger partial charge on any atom is -0.454 e. The Morgan fingerprint density at radius 3 is 2.75 bits per heavy atom. The van der Waals surface area contributed by atoms with Crippen LogP contribution in [0.2, 0.25) is 0 Å². The molecule has 1 aliphatic rings. The number of aromatic nitrogens is 1. The fourth-order valence-corrected chi connectivity index (χ4v) is 3.02. The largest absolute Gasteiger partial charge is 0.454 e. The van der Waals surface area contributed by atoms with E-state index in [1.54, 1.807) is 12.3 Å². The van der Waals surface area contributed by atoms with Crippen LogP contribution in [0.5, 0.6) is 11.5 Å². The van der Waals surface area contributed by atoms with Crippen LogP contribution in [0.1, 0.15) is 34.6 Å². The van der Waals surface area contributed by atoms with Crippen LogP contribution in [0, 0.1) is 0 Å². The summed E-state index contributed by atoms with van der Waals surface area (Å²) in [7, 11) is 0. The minimum absolute atomic E-state index is 0.0965. The van der Waals surface area contributed by atoms with Gasteiger partial charge in [0.25, 0.3) is 5.91 Å². The SMILES string of the molecule is CC(NC(=O)c1cc(NCc2ccc3c(c2)OCO3)ccn1)c1ccccc1. The average Bonchev–Trinajstić information content (AvgIpc) is 3.21. The first kappa shape index (κ1) is 17.9. The Bertz CT molecular complexity index is 976. The third kappa shape index (κ3) is 4.06. The summed E-state index contributed by atoms with van der Waals surface area (Å²) >= 11 is 0. The first-order valence-corrected chi connectivity index (χ1v) is 9.13. The number of carbonyl (C=O) groups excluding carboxylic acids is 1. The zero-order valence-corrected chi connectivity index (χ0v) is 15.5. The van der Waals surface area contributed by atoms with Crippen LogP contribution in [0.3, 0.4) is 0 Å². The Hall–Kier alpha value is -3.54. The lowest BCUT2D eigenvalue weighted by atomic mass is 10.1. The molecule has 3 aromatic rings. The van der Waals surface area contributed by atoms with Crippen LogP contribution < -0.4 is 20.1 Å². The molecule has 2 aromatic carbocycles. The topological polar surface area (TPSA) is 72.5 Å². The summed E-state index contributed by atoms with van der Waals surface area (Å²) in [6.07, 6.45) is 1.63. The second-order valence-electron chi connectivity index (χ2n) is 6.58. The molecular formula is C22H21N3O3. The lowest BCUT2D eigenvalue weighted by Gasteiger charge is -2.14. The Labute approximate surface area is 163 Å². The average molecular weight is 375 g/mol. The van der Waals surface area contributed by atoms with Gasteiger partial charge >= 0.3 is 0 Å². The quantitative estimate of drug-likeness (QED) is 0.683. The summed E-state index contributed by atoms with van der Waals surface area (Å²) < 4.78 is 10.7. The maximum absolute atomic E-state index is 12.6. The van der Waals surface area contributed by atoms with Crippen LogP contribution in [0.4, 0.5) is 5.69 Å². The van der Waals surface area contributed by atoms with Crippen molar-refractivity contribution >= 4 is 11.6 Å². The number of nitrogens with zero attached hydrogens (tertiary/aromatic N) is 1. The number of hydrogen-bond donors (Lipinski definition) is 2. The molecule has 1 aliphatic heterocycles. The molecule has 0 spiro atoms. The maximum atomic E-state index is 12.6. The third-order valence-corrected chi connectivity index (χ3v) is 4.57. The van der Waals surface area contributed by atoms with E-state index in [4.69, 9.17) is 9.47 Å². The summed E-state index contributed by atoms with van der Waals surface area (Å²) in [5.74, 6) is 1.31. The number of anilines is 1. The molecule has 0 aliphatic carbocycles. The number of fused-ring (bicyclic) bond motifs is 1. The molecule has 0 saturated heterocycles. The monoisotopic (exact) mass is 375 g/mol. The summed E-state index contributed by atoms with van der Waals surface area (Å²) in [5.41, 5.74) is 3.31. The molecule has 1 atom stereocenters. The van der Waals surface area contributed by atoms with Gasteiger partial charge in [-0.2, -0.15) is 0 Å². The summed E-state index contributed by atoms with van der Waals surface area (Å²) in [4.78, 5) is 16.8. The zero-order valence-electron chi connectivity index (χ0n) is 15.5. The summed E-state index contributed by atoms with van der Waals surface area (Å²) in [6, 6.07) is 19.2. The van der Waals surface area contributed by atoms with Crippen LogP contribution >= 0.6 is 0 Å². The number of hydrogen-bond acceptors (Lipinski definition) is 5. The van der Waals surface area contributed by atoms with Crippen LogP contribution in [0.25, 0.3) is 0 Å². The van der Waals surface area contributed by atoms with E-state index >= 15 is 0 Å². The van der Waals surface area contributed by atoms with Gasteiger partial charge in [0.05, 0.1) is 6.04 Å². The van der Waals surface area contributed by atoms with Gasteiger partial charge in [0.2, 0.25) is 6.79 Å². The van der Waals surface area contributed by atoms with Crippen molar-refractivity contribution in [3.63, 3.8) is 0 Å². The van der Waals surface area contributed by atoms with Crippen LogP contribution in [0.15, 0.2) is 66.9 Å². The summed E-state index contributed by atoms with van der Waals surface area (Å²) in [6.45, 7) is 2.81. The smallest absolute Gasteiger partial charge is 0.270 e. The van der Waals surface area contributed by atoms with Gasteiger partial charge in [0.15, 0.2) is 11.5 Å². The van der Waals surface area contributed by atoms with E-state index < -0.39 is 0 Å². The first-order chi connectivity index (χ1) is 13.7. The van der Waals surface area contributed by atoms with E-state index in [1.807, 2.05) is 61.5 Å². The normalized spacial score (nSPS) is 13.0. The van der Waals surface area contributed by atoms with Gasteiger partial charge in [-0.15, -0.1) is 0 Å². The molecule has 1 aromatic heterocycles. The number of amides is 1. The van der Waals surface area contributed by atoms with Crippen molar-refractivity contribution < 1.29 is 14.3 Å². The second-order valence-corrected chi connectivity index (χ2v) is 6.58. The minimum atomic E-state index is -0.205. The van der Waals surface area contributed by atoms with Gasteiger partial charge in [-0.1, -0.05) is 36.4 Å². The molecule has 1 unspecified atom stereocenters. The Morgan fingerprint density at radius 2 is 1.89 bits per heavy atom. The van der Waals surface area contributed by atoms with E-state index in [0.29, 0.717) is 12.2 Å². The predicted octanol–water partition coefficient (Wildman–Crippen LogP) is 3.91. The first-order valence-electron chi connectivity index (χ1n) is 9.13. The number of rotatable bonds is 6. The number of nitrogens with one attached hydrogen (secondary N) is 2. The standard InChI is InChI=1S/C22H21N3O3/c1-15(17-5-3-2-4-6-17)25-22(26)19-12-18(9-10-23-19)24-13-16-7-8-20-21(11-16)28-14-27-20/h2-12,15H,13-14H2,1H3,(H,23,24)(H,25,26). The zero-order chi connectivity index (χ0) is 19.3. The van der Waals surface area contributed by atoms with Gasteiger partial charge in [0, 0.05) is 18.4 Å². The van der Waals surface area contributed by atoms with Gasteiger partial charge in [-0.05, 0) is 42.3 Å². The highest BCUT2D eigenvalue weighted by Crippen LogP contribution is 2.32. The molecule has 1 amide bonds. The van der Waals surface area contributed by atoms with Crippen molar-refractivity contribution in [1.29, 1.82) is 0 Å². The highest BCUT2D eigenvalue weighted by molar-refractivity contribution is 5.93. The van der Waals surface area contributed by atoms with Crippen LogP contribution in [-0.4, -0.2) is 17.7 Å². The molecule has 0 bridgehead atoms. The van der Waals surface area contributed by atoms with Gasteiger partial charge < -0.3 is 20.1 Å². The van der Waals surface area contributed by atoms with E-state index in [2.05, 4.69) is 15.6 Å². The lowest BCUT2D eigenvalue weighted by Crippen LogP contribution is -2.27. The molecular weight excluding hydrogens is 354 g/mol. The van der Waals surface area contributed by atoms with Crippen molar-refractivity contribution in [3.05, 3.63) is 83.7 Å². The highest BCUT2D eigenvalue weighted by Gasteiger charge is 2.14. The Balaban J connectivity index is 1.39. The fourth-order valence-electron chi connectivity index (χ4n) is 3.02. The molecule has 2 N–H and O–H groups in total. The maximum Gasteiger partial charge on any atom is 0.270 e. The molecule has 0 radical (unpaired) electrons. The Morgan fingerprint density at radius 1 is 1.07 bits per heavy atom. The van der Waals surface area contributed by atoms with E-state index in [9.17, 15) is 4.79 Å². The molecule has 2 heterocycles. The van der Waals surface area contributed by atoms with Crippen molar-refractivity contribution in [3.8, 4) is 11.5 Å². The third-order valence-electron chi connectivity index (χ3n) is 4.57. The summed E-state index contributed by atoms with van der Waals surface area (Å²) in [5, 5.41) is 6.30. The van der Waals surface area contributed by atoms with Crippen LogP contribution in [-0.2, 0) is 6.54 Å². The molecule has 0 fully saturated rings. The Kier molecular flexibility index (Phi) is 5.10. The molecule has 0 saturated carbocycles. The molecule has 4 rings (SSSR count). The van der Waals surface area contributed by atoms with Crippen molar-refractivity contribution in [2.75, 3.05) is 12.1 Å². The van der Waals surface area contributed by atoms with Crippen molar-refractivity contribution in [2.45, 2.75) is 19.5 Å². The fraction of sp³-hybridized carbons (Fsp3) is 0.182. The van der Waals surface area contributed by atoms with Crippen molar-refractivity contribution in [2.24, 2.45) is 0 Å². The van der Waals surface area contributed by atoms with Gasteiger partial charge in [-0.25, -0.2) is 0 Å². The molecule has 6 heteroatoms. The van der Waals surface area contributed by atoms with E-state index in [1.165, 1.54) is 0 Å². The number of carbonyl (C=O) groups is 1. The van der Waals surface area contributed by atoms with Crippen molar-refractivity contribution in [1.82, 2.24) is 10.3 Å². The predicted molar refractivity (Wildman–Crippen MR) is 106 cm³/mol. The molecule has 142 valence electrons. The molecule has 28 heavy (non-hydrogen) atoms. The molecule has 6 nitrogen and oxygen atoms in total. The van der Waals surface area contributed by atoms with E-state index in [0.717, 1.165) is 28.3 Å². The van der Waals surface area contributed by atoms with Gasteiger partial charge in [0.1, 0.15) is 5.69 Å². The second kappa shape index (κ2) is 8.00. The lowest BCUT2D eigenvalue weighted by molar-refractivity contribution is 0.0935. The number of pyridine rings is 1. The number of ether oxygens (including phenoxy) is 2. The van der Waals surface area contributed by atoms with Gasteiger partial charge in [-0.3, -0.25) is 9.78 Å². The number of benzene rings is 2.